The molecule has 116 valence electrons. The van der Waals surface area contributed by atoms with Gasteiger partial charge in [-0.25, -0.2) is 0 Å². The minimum absolute atomic E-state index is 0.0179. The monoisotopic (exact) mass is 306 g/mol. The SMILES string of the molecule is CCCOc1cc2c(c(-c3cc4ccccc4[nH]3)c1)C(=O)NC2. The van der Waals surface area contributed by atoms with E-state index in [1.54, 1.807) is 0 Å². The van der Waals surface area contributed by atoms with Gasteiger partial charge >= 0.3 is 0 Å². The number of aromatic nitrogens is 1. The maximum absolute atomic E-state index is 12.2. The van der Waals surface area contributed by atoms with E-state index >= 15 is 0 Å². The molecule has 0 bridgehead atoms. The molecule has 2 heterocycles. The molecule has 0 unspecified atom stereocenters. The van der Waals surface area contributed by atoms with Gasteiger partial charge in [0, 0.05) is 28.7 Å². The highest BCUT2D eigenvalue weighted by molar-refractivity contribution is 6.05. The summed E-state index contributed by atoms with van der Waals surface area (Å²) in [5.41, 5.74) is 4.66. The van der Waals surface area contributed by atoms with Crippen molar-refractivity contribution in [1.29, 1.82) is 0 Å². The van der Waals surface area contributed by atoms with E-state index in [9.17, 15) is 4.79 Å². The standard InChI is InChI=1S/C19H18N2O2/c1-2-7-23-14-8-13-11-20-19(22)18(13)15(10-14)17-9-12-5-3-4-6-16(12)21-17/h3-6,8-10,21H,2,7,11H2,1H3,(H,20,22). The van der Waals surface area contributed by atoms with Gasteiger partial charge in [0.25, 0.3) is 5.91 Å². The molecule has 4 nitrogen and oxygen atoms in total. The molecule has 1 aromatic heterocycles. The Morgan fingerprint density at radius 2 is 2.04 bits per heavy atom. The normalized spacial score (nSPS) is 13.2. The number of amides is 1. The number of hydrogen-bond acceptors (Lipinski definition) is 2. The smallest absolute Gasteiger partial charge is 0.252 e. The van der Waals surface area contributed by atoms with Crippen LogP contribution in [0.25, 0.3) is 22.2 Å². The van der Waals surface area contributed by atoms with Crippen LogP contribution >= 0.6 is 0 Å². The number of fused-ring (bicyclic) bond motifs is 2. The molecule has 2 aromatic carbocycles. The zero-order valence-electron chi connectivity index (χ0n) is 13.0. The van der Waals surface area contributed by atoms with Gasteiger partial charge in [0.15, 0.2) is 0 Å². The number of rotatable bonds is 4. The summed E-state index contributed by atoms with van der Waals surface area (Å²) in [4.78, 5) is 15.6. The van der Waals surface area contributed by atoms with Crippen LogP contribution in [0.2, 0.25) is 0 Å². The van der Waals surface area contributed by atoms with E-state index in [0.29, 0.717) is 13.2 Å². The van der Waals surface area contributed by atoms with E-state index in [1.807, 2.05) is 30.3 Å². The molecule has 1 aliphatic heterocycles. The van der Waals surface area contributed by atoms with E-state index in [1.165, 1.54) is 0 Å². The Balaban J connectivity index is 1.88. The van der Waals surface area contributed by atoms with Crippen LogP contribution < -0.4 is 10.1 Å². The molecule has 0 radical (unpaired) electrons. The fourth-order valence-corrected chi connectivity index (χ4v) is 3.08. The third-order valence-corrected chi connectivity index (χ3v) is 4.15. The minimum atomic E-state index is -0.0179. The number of hydrogen-bond donors (Lipinski definition) is 2. The Kier molecular flexibility index (Phi) is 3.30. The van der Waals surface area contributed by atoms with Gasteiger partial charge in [-0.1, -0.05) is 25.1 Å². The van der Waals surface area contributed by atoms with Gasteiger partial charge in [0.1, 0.15) is 5.75 Å². The first-order chi connectivity index (χ1) is 11.3. The largest absolute Gasteiger partial charge is 0.494 e. The van der Waals surface area contributed by atoms with Crippen molar-refractivity contribution in [1.82, 2.24) is 10.3 Å². The Morgan fingerprint density at radius 3 is 2.87 bits per heavy atom. The van der Waals surface area contributed by atoms with Gasteiger partial charge in [0.05, 0.1) is 12.2 Å². The number of carbonyl (C=O) groups is 1. The molecule has 3 aromatic rings. The second-order valence-corrected chi connectivity index (χ2v) is 5.81. The lowest BCUT2D eigenvalue weighted by molar-refractivity contribution is 0.0966. The van der Waals surface area contributed by atoms with Gasteiger partial charge in [-0.2, -0.15) is 0 Å². The lowest BCUT2D eigenvalue weighted by Gasteiger charge is -2.10. The molecule has 0 fully saturated rings. The van der Waals surface area contributed by atoms with Gasteiger partial charge in [0.2, 0.25) is 0 Å². The summed E-state index contributed by atoms with van der Waals surface area (Å²) in [5, 5.41) is 4.04. The lowest BCUT2D eigenvalue weighted by Crippen LogP contribution is -2.13. The van der Waals surface area contributed by atoms with Crippen molar-refractivity contribution < 1.29 is 9.53 Å². The van der Waals surface area contributed by atoms with Crippen LogP contribution in [0.4, 0.5) is 0 Å². The van der Waals surface area contributed by atoms with Gasteiger partial charge in [-0.15, -0.1) is 0 Å². The third kappa shape index (κ3) is 2.36. The first kappa shape index (κ1) is 13.9. The van der Waals surface area contributed by atoms with Crippen molar-refractivity contribution in [3.8, 4) is 17.0 Å². The Bertz CT molecular complexity index is 863. The zero-order valence-corrected chi connectivity index (χ0v) is 13.0. The number of benzene rings is 2. The van der Waals surface area contributed by atoms with Gasteiger partial charge in [-0.05, 0) is 36.2 Å². The van der Waals surface area contributed by atoms with Crippen LogP contribution in [-0.2, 0) is 6.54 Å². The molecule has 1 aliphatic rings. The van der Waals surface area contributed by atoms with Crippen molar-refractivity contribution in [2.75, 3.05) is 6.61 Å². The van der Waals surface area contributed by atoms with Crippen molar-refractivity contribution in [3.05, 3.63) is 53.6 Å². The zero-order chi connectivity index (χ0) is 15.8. The number of para-hydroxylation sites is 1. The van der Waals surface area contributed by atoms with Gasteiger partial charge < -0.3 is 15.0 Å². The predicted octanol–water partition coefficient (Wildman–Crippen LogP) is 3.87. The number of carbonyl (C=O) groups excluding carboxylic acids is 1. The minimum Gasteiger partial charge on any atom is -0.494 e. The van der Waals surface area contributed by atoms with Crippen molar-refractivity contribution in [2.24, 2.45) is 0 Å². The maximum atomic E-state index is 12.2. The average Bonchev–Trinajstić information content (AvgIpc) is 3.16. The summed E-state index contributed by atoms with van der Waals surface area (Å²) >= 11 is 0. The summed E-state index contributed by atoms with van der Waals surface area (Å²) in [7, 11) is 0. The number of ether oxygens (including phenoxy) is 1. The van der Waals surface area contributed by atoms with Crippen LogP contribution in [0.15, 0.2) is 42.5 Å². The van der Waals surface area contributed by atoms with E-state index in [4.69, 9.17) is 4.74 Å². The van der Waals surface area contributed by atoms with Crippen molar-refractivity contribution in [3.63, 3.8) is 0 Å². The molecule has 1 amide bonds. The Hall–Kier alpha value is -2.75. The predicted molar refractivity (Wildman–Crippen MR) is 90.7 cm³/mol. The molecule has 0 saturated carbocycles. The number of nitrogens with one attached hydrogen (secondary N) is 2. The first-order valence-electron chi connectivity index (χ1n) is 7.92. The van der Waals surface area contributed by atoms with E-state index in [2.05, 4.69) is 29.4 Å². The number of aromatic amines is 1. The fraction of sp³-hybridized carbons (Fsp3) is 0.211. The summed E-state index contributed by atoms with van der Waals surface area (Å²) in [6.07, 6.45) is 0.954. The Labute approximate surface area is 134 Å². The molecule has 0 spiro atoms. The van der Waals surface area contributed by atoms with Crippen LogP contribution in [0.1, 0.15) is 29.3 Å². The Morgan fingerprint density at radius 1 is 1.17 bits per heavy atom. The molecule has 0 saturated heterocycles. The van der Waals surface area contributed by atoms with Gasteiger partial charge in [-0.3, -0.25) is 4.79 Å². The molecule has 4 rings (SSSR count). The summed E-state index contributed by atoms with van der Waals surface area (Å²) in [6.45, 7) is 3.31. The molecule has 23 heavy (non-hydrogen) atoms. The highest BCUT2D eigenvalue weighted by Crippen LogP contribution is 2.34. The van der Waals surface area contributed by atoms with Crippen LogP contribution in [0.3, 0.4) is 0 Å². The van der Waals surface area contributed by atoms with Crippen LogP contribution in [-0.4, -0.2) is 17.5 Å². The molecule has 2 N–H and O–H groups in total. The van der Waals surface area contributed by atoms with Crippen LogP contribution in [0, 0.1) is 0 Å². The van der Waals surface area contributed by atoms with Crippen LogP contribution in [0.5, 0.6) is 5.75 Å². The highest BCUT2D eigenvalue weighted by Gasteiger charge is 2.25. The maximum Gasteiger partial charge on any atom is 0.252 e. The quantitative estimate of drug-likeness (QED) is 0.769. The molecule has 0 atom stereocenters. The van der Waals surface area contributed by atoms with Crippen molar-refractivity contribution in [2.45, 2.75) is 19.9 Å². The van der Waals surface area contributed by atoms with Crippen molar-refractivity contribution >= 4 is 16.8 Å². The molecule has 4 heteroatoms. The topological polar surface area (TPSA) is 54.1 Å². The summed E-state index contributed by atoms with van der Waals surface area (Å²) in [5.74, 6) is 0.798. The van der Waals surface area contributed by atoms with E-state index < -0.39 is 0 Å². The molecule has 0 aliphatic carbocycles. The lowest BCUT2D eigenvalue weighted by atomic mass is 10.00. The fourth-order valence-electron chi connectivity index (χ4n) is 3.08. The van der Waals surface area contributed by atoms with E-state index in [-0.39, 0.29) is 5.91 Å². The molecular formula is C19H18N2O2. The summed E-state index contributed by atoms with van der Waals surface area (Å²) in [6, 6.07) is 14.1. The second kappa shape index (κ2) is 5.47. The number of H-pyrrole nitrogens is 1. The first-order valence-corrected chi connectivity index (χ1v) is 7.92. The van der Waals surface area contributed by atoms with E-state index in [0.717, 1.165) is 45.5 Å². The summed E-state index contributed by atoms with van der Waals surface area (Å²) < 4.78 is 5.80. The average molecular weight is 306 g/mol. The molecular weight excluding hydrogens is 288 g/mol. The third-order valence-electron chi connectivity index (χ3n) is 4.15. The highest BCUT2D eigenvalue weighted by atomic mass is 16.5. The second-order valence-electron chi connectivity index (χ2n) is 5.81.